The largest absolute Gasteiger partial charge is 0.315 e. The first kappa shape index (κ1) is 15.1. The number of nitrogens with one attached hydrogen (secondary N) is 1. The maximum atomic E-state index is 13.8. The van der Waals surface area contributed by atoms with Crippen LogP contribution in [0.2, 0.25) is 0 Å². The van der Waals surface area contributed by atoms with Gasteiger partial charge >= 0.3 is 0 Å². The van der Waals surface area contributed by atoms with E-state index in [-0.39, 0.29) is 5.56 Å². The van der Waals surface area contributed by atoms with E-state index in [0.717, 1.165) is 17.0 Å². The minimum atomic E-state index is -0.564. The Labute approximate surface area is 121 Å². The molecule has 0 radical (unpaired) electrons. The summed E-state index contributed by atoms with van der Waals surface area (Å²) in [6.45, 7) is 4.87. The van der Waals surface area contributed by atoms with Crippen LogP contribution in [0.5, 0.6) is 0 Å². The molecule has 0 bridgehead atoms. The average Bonchev–Trinajstić information content (AvgIpc) is 2.71. The highest BCUT2D eigenvalue weighted by Gasteiger charge is 2.18. The summed E-state index contributed by atoms with van der Waals surface area (Å²) in [7, 11) is 1.85. The molecule has 0 fully saturated rings. The van der Waals surface area contributed by atoms with Gasteiger partial charge in [-0.25, -0.2) is 13.8 Å². The van der Waals surface area contributed by atoms with Gasteiger partial charge in [0.25, 0.3) is 0 Å². The SMILES string of the molecule is CNCc1sc(-c2c(F)cccc2F)nc1CC(C)C. The standard InChI is InChI=1S/C15H18F2N2S/c1-9(2)7-12-13(8-18-3)20-15(19-12)14-10(16)5-4-6-11(14)17/h4-6,9,18H,7-8H2,1-3H3. The summed E-state index contributed by atoms with van der Waals surface area (Å²) in [5.74, 6) is -0.678. The predicted molar refractivity (Wildman–Crippen MR) is 78.8 cm³/mol. The second kappa shape index (κ2) is 6.41. The number of hydrogen-bond acceptors (Lipinski definition) is 3. The summed E-state index contributed by atoms with van der Waals surface area (Å²) in [6, 6.07) is 3.89. The molecule has 0 aliphatic carbocycles. The Bertz CT molecular complexity index is 573. The fraction of sp³-hybridized carbons (Fsp3) is 0.400. The van der Waals surface area contributed by atoms with Gasteiger partial charge in [-0.3, -0.25) is 0 Å². The van der Waals surface area contributed by atoms with E-state index in [0.29, 0.717) is 17.5 Å². The summed E-state index contributed by atoms with van der Waals surface area (Å²) in [5, 5.41) is 3.49. The van der Waals surface area contributed by atoms with Gasteiger partial charge in [-0.05, 0) is 31.5 Å². The third-order valence-electron chi connectivity index (χ3n) is 2.89. The number of thiazole rings is 1. The molecule has 2 nitrogen and oxygen atoms in total. The molecule has 1 aromatic heterocycles. The maximum absolute atomic E-state index is 13.8. The number of benzene rings is 1. The van der Waals surface area contributed by atoms with Crippen LogP contribution in [0.3, 0.4) is 0 Å². The van der Waals surface area contributed by atoms with E-state index in [1.165, 1.54) is 29.5 Å². The molecule has 2 rings (SSSR count). The Balaban J connectivity index is 2.47. The number of rotatable bonds is 5. The van der Waals surface area contributed by atoms with Crippen molar-refractivity contribution in [2.45, 2.75) is 26.8 Å². The van der Waals surface area contributed by atoms with E-state index in [1.807, 2.05) is 7.05 Å². The highest BCUT2D eigenvalue weighted by atomic mass is 32.1. The fourth-order valence-corrected chi connectivity index (χ4v) is 3.19. The zero-order valence-corrected chi connectivity index (χ0v) is 12.7. The van der Waals surface area contributed by atoms with Gasteiger partial charge in [0, 0.05) is 11.4 Å². The van der Waals surface area contributed by atoms with Gasteiger partial charge in [0.15, 0.2) is 0 Å². The van der Waals surface area contributed by atoms with Crippen LogP contribution in [0.25, 0.3) is 10.6 Å². The molecule has 1 heterocycles. The fourth-order valence-electron chi connectivity index (χ4n) is 2.04. The zero-order valence-electron chi connectivity index (χ0n) is 11.8. The molecule has 20 heavy (non-hydrogen) atoms. The number of aromatic nitrogens is 1. The van der Waals surface area contributed by atoms with Crippen LogP contribution in [0.4, 0.5) is 8.78 Å². The molecule has 2 aromatic rings. The normalized spacial score (nSPS) is 11.3. The van der Waals surface area contributed by atoms with Crippen LogP contribution in [0.15, 0.2) is 18.2 Å². The van der Waals surface area contributed by atoms with E-state index in [1.54, 1.807) is 0 Å². The first-order valence-electron chi connectivity index (χ1n) is 6.60. The lowest BCUT2D eigenvalue weighted by atomic mass is 10.1. The molecule has 0 saturated carbocycles. The quantitative estimate of drug-likeness (QED) is 0.902. The van der Waals surface area contributed by atoms with Gasteiger partial charge in [-0.15, -0.1) is 11.3 Å². The molecule has 0 unspecified atom stereocenters. The van der Waals surface area contributed by atoms with Crippen molar-refractivity contribution in [3.63, 3.8) is 0 Å². The van der Waals surface area contributed by atoms with Crippen LogP contribution in [0.1, 0.15) is 24.4 Å². The Morgan fingerprint density at radius 2 is 1.90 bits per heavy atom. The number of nitrogens with zero attached hydrogens (tertiary/aromatic N) is 1. The molecule has 0 amide bonds. The smallest absolute Gasteiger partial charge is 0.136 e. The summed E-state index contributed by atoms with van der Waals surface area (Å²) in [5.41, 5.74) is 0.905. The average molecular weight is 296 g/mol. The minimum Gasteiger partial charge on any atom is -0.315 e. The Kier molecular flexibility index (Phi) is 4.83. The second-order valence-corrected chi connectivity index (χ2v) is 6.20. The monoisotopic (exact) mass is 296 g/mol. The van der Waals surface area contributed by atoms with E-state index >= 15 is 0 Å². The lowest BCUT2D eigenvalue weighted by molar-refractivity contribution is 0.589. The molecule has 0 spiro atoms. The molecular formula is C15H18F2N2S. The number of hydrogen-bond donors (Lipinski definition) is 1. The third kappa shape index (κ3) is 3.22. The van der Waals surface area contributed by atoms with Gasteiger partial charge in [-0.2, -0.15) is 0 Å². The zero-order chi connectivity index (χ0) is 14.7. The maximum Gasteiger partial charge on any atom is 0.136 e. The Morgan fingerprint density at radius 3 is 2.45 bits per heavy atom. The van der Waals surface area contributed by atoms with Crippen molar-refractivity contribution in [3.05, 3.63) is 40.4 Å². The molecule has 0 aliphatic rings. The van der Waals surface area contributed by atoms with Crippen molar-refractivity contribution >= 4 is 11.3 Å². The Morgan fingerprint density at radius 1 is 1.25 bits per heavy atom. The van der Waals surface area contributed by atoms with E-state index in [4.69, 9.17) is 0 Å². The van der Waals surface area contributed by atoms with Gasteiger partial charge in [0.05, 0.1) is 11.3 Å². The molecule has 0 saturated heterocycles. The highest BCUT2D eigenvalue weighted by Crippen LogP contribution is 2.32. The van der Waals surface area contributed by atoms with E-state index in [2.05, 4.69) is 24.1 Å². The first-order valence-corrected chi connectivity index (χ1v) is 7.42. The number of halogens is 2. The van der Waals surface area contributed by atoms with E-state index < -0.39 is 11.6 Å². The van der Waals surface area contributed by atoms with Crippen LogP contribution >= 0.6 is 11.3 Å². The summed E-state index contributed by atoms with van der Waals surface area (Å²) >= 11 is 1.35. The van der Waals surface area contributed by atoms with Gasteiger partial charge in [0.1, 0.15) is 16.6 Å². The predicted octanol–water partition coefficient (Wildman–Crippen LogP) is 4.01. The van der Waals surface area contributed by atoms with Crippen LogP contribution in [0, 0.1) is 17.6 Å². The van der Waals surface area contributed by atoms with Gasteiger partial charge in [0.2, 0.25) is 0 Å². The van der Waals surface area contributed by atoms with E-state index in [9.17, 15) is 8.78 Å². The Hall–Kier alpha value is -1.33. The van der Waals surface area contributed by atoms with Crippen molar-refractivity contribution in [2.24, 2.45) is 5.92 Å². The lowest BCUT2D eigenvalue weighted by Gasteiger charge is -2.04. The molecular weight excluding hydrogens is 278 g/mol. The molecule has 108 valence electrons. The minimum absolute atomic E-state index is 0.0233. The molecule has 0 aliphatic heterocycles. The molecule has 0 atom stereocenters. The van der Waals surface area contributed by atoms with Crippen molar-refractivity contribution in [1.82, 2.24) is 10.3 Å². The topological polar surface area (TPSA) is 24.9 Å². The van der Waals surface area contributed by atoms with Crippen molar-refractivity contribution in [2.75, 3.05) is 7.05 Å². The first-order chi connectivity index (χ1) is 9.52. The van der Waals surface area contributed by atoms with Crippen LogP contribution < -0.4 is 5.32 Å². The van der Waals surface area contributed by atoms with Crippen LogP contribution in [-0.4, -0.2) is 12.0 Å². The molecule has 1 N–H and O–H groups in total. The van der Waals surface area contributed by atoms with Gasteiger partial charge in [-0.1, -0.05) is 19.9 Å². The van der Waals surface area contributed by atoms with Crippen molar-refractivity contribution in [1.29, 1.82) is 0 Å². The summed E-state index contributed by atoms with van der Waals surface area (Å²) in [6.07, 6.45) is 0.809. The molecule has 1 aromatic carbocycles. The molecule has 5 heteroatoms. The van der Waals surface area contributed by atoms with Gasteiger partial charge < -0.3 is 5.32 Å². The second-order valence-electron chi connectivity index (χ2n) is 5.11. The lowest BCUT2D eigenvalue weighted by Crippen LogP contribution is -2.07. The van der Waals surface area contributed by atoms with Crippen molar-refractivity contribution in [3.8, 4) is 10.6 Å². The third-order valence-corrected chi connectivity index (χ3v) is 4.01. The van der Waals surface area contributed by atoms with Crippen LogP contribution in [-0.2, 0) is 13.0 Å². The summed E-state index contributed by atoms with van der Waals surface area (Å²) in [4.78, 5) is 5.50. The summed E-state index contributed by atoms with van der Waals surface area (Å²) < 4.78 is 27.7. The highest BCUT2D eigenvalue weighted by molar-refractivity contribution is 7.15. The van der Waals surface area contributed by atoms with Crippen molar-refractivity contribution < 1.29 is 8.78 Å².